The van der Waals surface area contributed by atoms with E-state index in [1.807, 2.05) is 39.0 Å². The van der Waals surface area contributed by atoms with Gasteiger partial charge in [-0.3, -0.25) is 4.79 Å². The van der Waals surface area contributed by atoms with Gasteiger partial charge >= 0.3 is 0 Å². The molecule has 0 bridgehead atoms. The molecule has 0 unspecified atom stereocenters. The van der Waals surface area contributed by atoms with Crippen molar-refractivity contribution in [1.82, 2.24) is 10.1 Å². The Hall–Kier alpha value is -2.37. The molecule has 21 heavy (non-hydrogen) atoms. The van der Waals surface area contributed by atoms with E-state index in [9.17, 15) is 4.79 Å². The molecule has 0 saturated heterocycles. The summed E-state index contributed by atoms with van der Waals surface area (Å²) in [6.45, 7) is 7.96. The van der Waals surface area contributed by atoms with E-state index in [-0.39, 0.29) is 11.8 Å². The number of carbonyl (C=O) groups is 1. The zero-order chi connectivity index (χ0) is 15.4. The van der Waals surface area contributed by atoms with Crippen LogP contribution in [0.3, 0.4) is 0 Å². The predicted octanol–water partition coefficient (Wildman–Crippen LogP) is 3.07. The zero-order valence-corrected chi connectivity index (χ0v) is 12.7. The Morgan fingerprint density at radius 1 is 1.38 bits per heavy atom. The molecule has 0 aliphatic heterocycles. The van der Waals surface area contributed by atoms with E-state index in [0.29, 0.717) is 18.3 Å². The van der Waals surface area contributed by atoms with Crippen LogP contribution in [0.4, 0.5) is 11.4 Å². The highest BCUT2D eigenvalue weighted by atomic mass is 16.5. The van der Waals surface area contributed by atoms with Crippen LogP contribution >= 0.6 is 0 Å². The zero-order valence-electron chi connectivity index (χ0n) is 12.7. The summed E-state index contributed by atoms with van der Waals surface area (Å²) >= 11 is 0. The lowest BCUT2D eigenvalue weighted by atomic mass is 10.1. The molecule has 0 radical (unpaired) electrons. The summed E-state index contributed by atoms with van der Waals surface area (Å²) < 4.78 is 5.19. The van der Waals surface area contributed by atoms with Gasteiger partial charge in [-0.1, -0.05) is 25.1 Å². The summed E-state index contributed by atoms with van der Waals surface area (Å²) in [4.78, 5) is 15.4. The van der Waals surface area contributed by atoms with Crippen molar-refractivity contribution in [1.29, 1.82) is 0 Å². The Balaban J connectivity index is 2.06. The van der Waals surface area contributed by atoms with Gasteiger partial charge in [-0.2, -0.15) is 4.98 Å². The molecule has 0 aliphatic rings. The van der Waals surface area contributed by atoms with Crippen molar-refractivity contribution < 1.29 is 9.32 Å². The van der Waals surface area contributed by atoms with E-state index < -0.39 is 0 Å². The van der Waals surface area contributed by atoms with Crippen molar-refractivity contribution in [3.05, 3.63) is 35.5 Å². The highest BCUT2D eigenvalue weighted by Gasteiger charge is 2.10. The van der Waals surface area contributed by atoms with Crippen molar-refractivity contribution in [3.63, 3.8) is 0 Å². The standard InChI is InChI=1S/C15H20N4O2/c1-9(2)15-18-14(21-19-15)8-16-13-7-12(17-11(4)20)6-5-10(13)3/h5-7,9,16H,8H2,1-4H3,(H,17,20). The van der Waals surface area contributed by atoms with Crippen molar-refractivity contribution >= 4 is 17.3 Å². The molecule has 112 valence electrons. The van der Waals surface area contributed by atoms with E-state index in [1.165, 1.54) is 6.92 Å². The fourth-order valence-electron chi connectivity index (χ4n) is 1.84. The quantitative estimate of drug-likeness (QED) is 0.883. The Morgan fingerprint density at radius 2 is 2.14 bits per heavy atom. The number of nitrogens with one attached hydrogen (secondary N) is 2. The van der Waals surface area contributed by atoms with Crippen LogP contribution in [-0.2, 0) is 11.3 Å². The first-order valence-corrected chi connectivity index (χ1v) is 6.90. The summed E-state index contributed by atoms with van der Waals surface area (Å²) in [5, 5.41) is 9.93. The molecule has 6 nitrogen and oxygen atoms in total. The molecule has 1 amide bonds. The van der Waals surface area contributed by atoms with Gasteiger partial charge in [0.2, 0.25) is 11.8 Å². The van der Waals surface area contributed by atoms with Gasteiger partial charge in [-0.15, -0.1) is 0 Å². The van der Waals surface area contributed by atoms with Crippen molar-refractivity contribution in [2.24, 2.45) is 0 Å². The normalized spacial score (nSPS) is 10.7. The summed E-state index contributed by atoms with van der Waals surface area (Å²) in [5.41, 5.74) is 2.75. The van der Waals surface area contributed by atoms with Gasteiger partial charge in [-0.25, -0.2) is 0 Å². The third-order valence-electron chi connectivity index (χ3n) is 2.99. The van der Waals surface area contributed by atoms with E-state index in [2.05, 4.69) is 20.8 Å². The van der Waals surface area contributed by atoms with Crippen LogP contribution < -0.4 is 10.6 Å². The van der Waals surface area contributed by atoms with Crippen LogP contribution in [0.5, 0.6) is 0 Å². The molecule has 1 aromatic heterocycles. The molecule has 0 fully saturated rings. The lowest BCUT2D eigenvalue weighted by molar-refractivity contribution is -0.114. The second-order valence-electron chi connectivity index (χ2n) is 5.27. The number of hydrogen-bond acceptors (Lipinski definition) is 5. The number of aromatic nitrogens is 2. The first-order chi connectivity index (χ1) is 9.95. The van der Waals surface area contributed by atoms with Crippen LogP contribution in [0.15, 0.2) is 22.7 Å². The maximum Gasteiger partial charge on any atom is 0.245 e. The highest BCUT2D eigenvalue weighted by molar-refractivity contribution is 5.89. The van der Waals surface area contributed by atoms with Crippen LogP contribution in [0.2, 0.25) is 0 Å². The maximum atomic E-state index is 11.1. The number of rotatable bonds is 5. The smallest absolute Gasteiger partial charge is 0.245 e. The minimum absolute atomic E-state index is 0.0942. The van der Waals surface area contributed by atoms with Gasteiger partial charge in [0.15, 0.2) is 5.82 Å². The highest BCUT2D eigenvalue weighted by Crippen LogP contribution is 2.21. The number of benzene rings is 1. The van der Waals surface area contributed by atoms with E-state index >= 15 is 0 Å². The van der Waals surface area contributed by atoms with Crippen molar-refractivity contribution in [3.8, 4) is 0 Å². The average Bonchev–Trinajstić information content (AvgIpc) is 2.88. The number of carbonyl (C=O) groups excluding carboxylic acids is 1. The number of anilines is 2. The van der Waals surface area contributed by atoms with Gasteiger partial charge in [0, 0.05) is 24.2 Å². The van der Waals surface area contributed by atoms with Gasteiger partial charge in [0.25, 0.3) is 0 Å². The van der Waals surface area contributed by atoms with Gasteiger partial charge in [0.05, 0.1) is 6.54 Å². The average molecular weight is 288 g/mol. The SMILES string of the molecule is CC(=O)Nc1ccc(C)c(NCc2nc(C(C)C)no2)c1. The molecular formula is C15H20N4O2. The van der Waals surface area contributed by atoms with Crippen LogP contribution in [-0.4, -0.2) is 16.0 Å². The number of aryl methyl sites for hydroxylation is 1. The van der Waals surface area contributed by atoms with Crippen LogP contribution in [0, 0.1) is 6.92 Å². The molecule has 2 rings (SSSR count). The van der Waals surface area contributed by atoms with E-state index in [4.69, 9.17) is 4.52 Å². The number of hydrogen-bond donors (Lipinski definition) is 2. The molecule has 0 atom stereocenters. The summed E-state index contributed by atoms with van der Waals surface area (Å²) in [5.74, 6) is 1.40. The third kappa shape index (κ3) is 4.05. The summed E-state index contributed by atoms with van der Waals surface area (Å²) in [6.07, 6.45) is 0. The molecule has 1 heterocycles. The minimum atomic E-state index is -0.0942. The molecule has 1 aromatic carbocycles. The second-order valence-corrected chi connectivity index (χ2v) is 5.27. The third-order valence-corrected chi connectivity index (χ3v) is 2.99. The molecule has 0 spiro atoms. The predicted molar refractivity (Wildman–Crippen MR) is 81.2 cm³/mol. The lowest BCUT2D eigenvalue weighted by Crippen LogP contribution is -2.07. The minimum Gasteiger partial charge on any atom is -0.376 e. The van der Waals surface area contributed by atoms with E-state index in [0.717, 1.165) is 16.9 Å². The Bertz CT molecular complexity index is 634. The molecule has 6 heteroatoms. The van der Waals surface area contributed by atoms with E-state index in [1.54, 1.807) is 0 Å². The monoisotopic (exact) mass is 288 g/mol. The largest absolute Gasteiger partial charge is 0.376 e. The summed E-state index contributed by atoms with van der Waals surface area (Å²) in [6, 6.07) is 5.70. The topological polar surface area (TPSA) is 80.0 Å². The first-order valence-electron chi connectivity index (χ1n) is 6.90. The molecule has 0 aliphatic carbocycles. The Kier molecular flexibility index (Phi) is 4.57. The van der Waals surface area contributed by atoms with Crippen molar-refractivity contribution in [2.75, 3.05) is 10.6 Å². The first kappa shape index (κ1) is 15.0. The number of amides is 1. The van der Waals surface area contributed by atoms with Gasteiger partial charge in [0.1, 0.15) is 0 Å². The van der Waals surface area contributed by atoms with Crippen LogP contribution in [0.25, 0.3) is 0 Å². The molecule has 0 saturated carbocycles. The molecule has 2 N–H and O–H groups in total. The molecular weight excluding hydrogens is 268 g/mol. The summed E-state index contributed by atoms with van der Waals surface area (Å²) in [7, 11) is 0. The fourth-order valence-corrected chi connectivity index (χ4v) is 1.84. The fraction of sp³-hybridized carbons (Fsp3) is 0.400. The lowest BCUT2D eigenvalue weighted by Gasteiger charge is -2.10. The van der Waals surface area contributed by atoms with Gasteiger partial charge < -0.3 is 15.2 Å². The second kappa shape index (κ2) is 6.39. The Labute approximate surface area is 123 Å². The van der Waals surface area contributed by atoms with Gasteiger partial charge in [-0.05, 0) is 24.6 Å². The van der Waals surface area contributed by atoms with Crippen LogP contribution in [0.1, 0.15) is 44.0 Å². The van der Waals surface area contributed by atoms with Crippen molar-refractivity contribution in [2.45, 2.75) is 40.2 Å². The Morgan fingerprint density at radius 3 is 2.76 bits per heavy atom. The number of nitrogens with zero attached hydrogens (tertiary/aromatic N) is 2. The maximum absolute atomic E-state index is 11.1. The molecule has 2 aromatic rings.